The molecule has 0 saturated heterocycles. The lowest BCUT2D eigenvalue weighted by Gasteiger charge is -2.04. The zero-order valence-electron chi connectivity index (χ0n) is 13.7. The maximum Gasteiger partial charge on any atom is 0.271 e. The van der Waals surface area contributed by atoms with Crippen molar-refractivity contribution in [3.63, 3.8) is 0 Å². The van der Waals surface area contributed by atoms with Gasteiger partial charge in [-0.25, -0.2) is 13.9 Å². The number of aromatic nitrogens is 3. The molecular weight excluding hydrogens is 307 g/mol. The topological polar surface area (TPSA) is 59.3 Å². The van der Waals surface area contributed by atoms with E-state index in [1.807, 2.05) is 13.0 Å². The molecule has 0 saturated carbocycles. The van der Waals surface area contributed by atoms with Crippen molar-refractivity contribution in [2.45, 2.75) is 26.7 Å². The molecule has 0 fully saturated rings. The largest absolute Gasteiger partial charge is 0.351 e. The molecule has 0 aliphatic rings. The Balaban J connectivity index is 1.93. The standard InChI is InChI=1S/C18H19FN4O/c1-3-4-9-20-18(24)16-11-17-21-15(10-12(2)23(17)22-16)13-5-7-14(19)8-6-13/h5-8,10-11H,3-4,9H2,1-2H3,(H,20,24). The van der Waals surface area contributed by atoms with E-state index in [0.717, 1.165) is 29.8 Å². The Bertz CT molecular complexity index is 871. The summed E-state index contributed by atoms with van der Waals surface area (Å²) in [4.78, 5) is 16.7. The normalized spacial score (nSPS) is 11.0. The van der Waals surface area contributed by atoms with E-state index in [-0.39, 0.29) is 11.7 Å². The minimum atomic E-state index is -0.285. The predicted molar refractivity (Wildman–Crippen MR) is 90.4 cm³/mol. The van der Waals surface area contributed by atoms with Gasteiger partial charge in [0.2, 0.25) is 0 Å². The second-order valence-corrected chi connectivity index (χ2v) is 5.70. The summed E-state index contributed by atoms with van der Waals surface area (Å²) in [5.74, 6) is -0.483. The van der Waals surface area contributed by atoms with Gasteiger partial charge in [-0.3, -0.25) is 4.79 Å². The summed E-state index contributed by atoms with van der Waals surface area (Å²) in [6.07, 6.45) is 1.96. The molecule has 0 spiro atoms. The van der Waals surface area contributed by atoms with Gasteiger partial charge in [0.25, 0.3) is 5.91 Å². The number of rotatable bonds is 5. The van der Waals surface area contributed by atoms with Crippen LogP contribution in [0.15, 0.2) is 36.4 Å². The molecule has 3 rings (SSSR count). The zero-order chi connectivity index (χ0) is 17.1. The maximum absolute atomic E-state index is 13.1. The fourth-order valence-electron chi connectivity index (χ4n) is 2.47. The molecule has 2 aromatic heterocycles. The number of amides is 1. The van der Waals surface area contributed by atoms with Crippen molar-refractivity contribution in [3.8, 4) is 11.3 Å². The van der Waals surface area contributed by atoms with Crippen LogP contribution in [-0.2, 0) is 0 Å². The fourth-order valence-corrected chi connectivity index (χ4v) is 2.47. The third-order valence-electron chi connectivity index (χ3n) is 3.79. The molecule has 2 heterocycles. The Labute approximate surface area is 139 Å². The quantitative estimate of drug-likeness (QED) is 0.731. The van der Waals surface area contributed by atoms with Crippen molar-refractivity contribution in [1.82, 2.24) is 19.9 Å². The summed E-state index contributed by atoms with van der Waals surface area (Å²) >= 11 is 0. The Hall–Kier alpha value is -2.76. The van der Waals surface area contributed by atoms with E-state index in [4.69, 9.17) is 0 Å². The summed E-state index contributed by atoms with van der Waals surface area (Å²) in [5, 5.41) is 7.17. The van der Waals surface area contributed by atoms with Gasteiger partial charge < -0.3 is 5.32 Å². The number of fused-ring (bicyclic) bond motifs is 1. The second kappa shape index (κ2) is 6.78. The highest BCUT2D eigenvalue weighted by Crippen LogP contribution is 2.20. The van der Waals surface area contributed by atoms with Crippen LogP contribution in [0.25, 0.3) is 16.9 Å². The van der Waals surface area contributed by atoms with Crippen LogP contribution >= 0.6 is 0 Å². The molecule has 1 N–H and O–H groups in total. The first-order valence-electron chi connectivity index (χ1n) is 8.00. The zero-order valence-corrected chi connectivity index (χ0v) is 13.7. The molecule has 0 aliphatic heterocycles. The molecule has 24 heavy (non-hydrogen) atoms. The van der Waals surface area contributed by atoms with Gasteiger partial charge in [0.05, 0.1) is 5.69 Å². The molecule has 6 heteroatoms. The third-order valence-corrected chi connectivity index (χ3v) is 3.79. The van der Waals surface area contributed by atoms with Gasteiger partial charge in [-0.05, 0) is 43.7 Å². The number of hydrogen-bond acceptors (Lipinski definition) is 3. The van der Waals surface area contributed by atoms with Crippen LogP contribution in [-0.4, -0.2) is 27.0 Å². The van der Waals surface area contributed by atoms with Gasteiger partial charge >= 0.3 is 0 Å². The first-order valence-corrected chi connectivity index (χ1v) is 8.00. The van der Waals surface area contributed by atoms with E-state index in [0.29, 0.717) is 17.9 Å². The van der Waals surface area contributed by atoms with Crippen LogP contribution in [0.4, 0.5) is 4.39 Å². The van der Waals surface area contributed by atoms with Crippen molar-refractivity contribution in [1.29, 1.82) is 0 Å². The smallest absolute Gasteiger partial charge is 0.271 e. The van der Waals surface area contributed by atoms with E-state index in [1.54, 1.807) is 22.7 Å². The summed E-state index contributed by atoms with van der Waals surface area (Å²) in [6.45, 7) is 4.60. The summed E-state index contributed by atoms with van der Waals surface area (Å²) in [6, 6.07) is 9.71. The number of benzene rings is 1. The minimum Gasteiger partial charge on any atom is -0.351 e. The average Bonchev–Trinajstić information content (AvgIpc) is 3.00. The van der Waals surface area contributed by atoms with Gasteiger partial charge in [-0.2, -0.15) is 5.10 Å². The van der Waals surface area contributed by atoms with E-state index >= 15 is 0 Å². The van der Waals surface area contributed by atoms with Gasteiger partial charge in [0.1, 0.15) is 5.82 Å². The lowest BCUT2D eigenvalue weighted by molar-refractivity contribution is 0.0948. The number of nitrogens with zero attached hydrogens (tertiary/aromatic N) is 3. The molecule has 0 atom stereocenters. The Morgan fingerprint density at radius 2 is 2.00 bits per heavy atom. The fraction of sp³-hybridized carbons (Fsp3) is 0.278. The molecule has 0 unspecified atom stereocenters. The van der Waals surface area contributed by atoms with Crippen molar-refractivity contribution in [3.05, 3.63) is 53.6 Å². The number of unbranched alkanes of at least 4 members (excludes halogenated alkanes) is 1. The summed E-state index contributed by atoms with van der Waals surface area (Å²) in [5.41, 5.74) is 3.33. The van der Waals surface area contributed by atoms with Crippen LogP contribution < -0.4 is 5.32 Å². The highest BCUT2D eigenvalue weighted by molar-refractivity contribution is 5.93. The van der Waals surface area contributed by atoms with Crippen molar-refractivity contribution >= 4 is 11.6 Å². The molecule has 1 aromatic carbocycles. The first-order chi connectivity index (χ1) is 11.6. The Kier molecular flexibility index (Phi) is 4.55. The molecule has 124 valence electrons. The lowest BCUT2D eigenvalue weighted by atomic mass is 10.1. The third kappa shape index (κ3) is 3.27. The molecule has 1 amide bonds. The van der Waals surface area contributed by atoms with Gasteiger partial charge in [-0.15, -0.1) is 0 Å². The first kappa shape index (κ1) is 16.1. The molecule has 0 bridgehead atoms. The Morgan fingerprint density at radius 3 is 2.71 bits per heavy atom. The molecule has 3 aromatic rings. The van der Waals surface area contributed by atoms with Crippen LogP contribution in [0.1, 0.15) is 35.9 Å². The maximum atomic E-state index is 13.1. The number of hydrogen-bond donors (Lipinski definition) is 1. The molecular formula is C18H19FN4O. The predicted octanol–water partition coefficient (Wildman–Crippen LogP) is 3.37. The molecule has 5 nitrogen and oxygen atoms in total. The minimum absolute atomic E-state index is 0.198. The number of carbonyl (C=O) groups is 1. The van der Waals surface area contributed by atoms with Crippen LogP contribution in [0.5, 0.6) is 0 Å². The monoisotopic (exact) mass is 326 g/mol. The van der Waals surface area contributed by atoms with Gasteiger partial charge in [-0.1, -0.05) is 13.3 Å². The number of aryl methyl sites for hydroxylation is 1. The average molecular weight is 326 g/mol. The van der Waals surface area contributed by atoms with Crippen LogP contribution in [0.2, 0.25) is 0 Å². The SMILES string of the molecule is CCCCNC(=O)c1cc2nc(-c3ccc(F)cc3)cc(C)n2n1. The van der Waals surface area contributed by atoms with Crippen molar-refractivity contribution in [2.75, 3.05) is 6.54 Å². The second-order valence-electron chi connectivity index (χ2n) is 5.70. The lowest BCUT2D eigenvalue weighted by Crippen LogP contribution is -2.24. The van der Waals surface area contributed by atoms with E-state index < -0.39 is 0 Å². The highest BCUT2D eigenvalue weighted by atomic mass is 19.1. The Morgan fingerprint density at radius 1 is 1.25 bits per heavy atom. The van der Waals surface area contributed by atoms with E-state index in [2.05, 4.69) is 22.3 Å². The van der Waals surface area contributed by atoms with Crippen molar-refractivity contribution in [2.24, 2.45) is 0 Å². The van der Waals surface area contributed by atoms with Crippen molar-refractivity contribution < 1.29 is 9.18 Å². The van der Waals surface area contributed by atoms with E-state index in [9.17, 15) is 9.18 Å². The highest BCUT2D eigenvalue weighted by Gasteiger charge is 2.13. The van der Waals surface area contributed by atoms with Crippen LogP contribution in [0.3, 0.4) is 0 Å². The number of halogens is 1. The number of carbonyl (C=O) groups excluding carboxylic acids is 1. The molecule has 0 aliphatic carbocycles. The van der Waals surface area contributed by atoms with E-state index in [1.165, 1.54) is 12.1 Å². The summed E-state index contributed by atoms with van der Waals surface area (Å²) in [7, 11) is 0. The summed E-state index contributed by atoms with van der Waals surface area (Å²) < 4.78 is 14.7. The van der Waals surface area contributed by atoms with Gasteiger partial charge in [0.15, 0.2) is 11.3 Å². The number of nitrogens with one attached hydrogen (secondary N) is 1. The van der Waals surface area contributed by atoms with Crippen LogP contribution in [0, 0.1) is 12.7 Å². The molecule has 0 radical (unpaired) electrons. The van der Waals surface area contributed by atoms with Gasteiger partial charge in [0, 0.05) is 23.9 Å².